The number of hydrogen-bond acceptors (Lipinski definition) is 3. The number of carbonyl (C=O) groups excluding carboxylic acids is 1. The van der Waals surface area contributed by atoms with E-state index in [0.717, 1.165) is 19.4 Å². The van der Waals surface area contributed by atoms with E-state index in [1.165, 1.54) is 5.56 Å². The average molecular weight is 278 g/mol. The maximum atomic E-state index is 11.9. The van der Waals surface area contributed by atoms with Crippen LogP contribution in [-0.4, -0.2) is 43.2 Å². The van der Waals surface area contributed by atoms with Crippen molar-refractivity contribution in [1.82, 2.24) is 10.2 Å². The SMILES string of the molecule is CC(CO)CCCNC(=O)c1ccc(CN(C)C)cc1. The molecule has 1 aromatic rings. The summed E-state index contributed by atoms with van der Waals surface area (Å²) in [6.45, 7) is 3.75. The number of amides is 1. The molecule has 0 saturated carbocycles. The lowest BCUT2D eigenvalue weighted by Gasteiger charge is -2.11. The summed E-state index contributed by atoms with van der Waals surface area (Å²) in [4.78, 5) is 14.0. The Morgan fingerprint density at radius 1 is 1.30 bits per heavy atom. The molecule has 20 heavy (non-hydrogen) atoms. The highest BCUT2D eigenvalue weighted by Crippen LogP contribution is 2.07. The van der Waals surface area contributed by atoms with Crippen molar-refractivity contribution in [2.24, 2.45) is 5.92 Å². The van der Waals surface area contributed by atoms with Gasteiger partial charge in [-0.25, -0.2) is 0 Å². The van der Waals surface area contributed by atoms with Crippen LogP contribution in [0.5, 0.6) is 0 Å². The number of carbonyl (C=O) groups is 1. The molecule has 0 aliphatic rings. The first-order valence-electron chi connectivity index (χ1n) is 7.15. The van der Waals surface area contributed by atoms with Gasteiger partial charge in [-0.3, -0.25) is 4.79 Å². The molecule has 1 aromatic carbocycles. The highest BCUT2D eigenvalue weighted by atomic mass is 16.3. The van der Waals surface area contributed by atoms with E-state index in [1.807, 2.05) is 45.3 Å². The van der Waals surface area contributed by atoms with Crippen molar-refractivity contribution in [1.29, 1.82) is 0 Å². The van der Waals surface area contributed by atoms with Gasteiger partial charge in [0.05, 0.1) is 0 Å². The molecule has 0 bridgehead atoms. The van der Waals surface area contributed by atoms with Crippen molar-refractivity contribution in [3.05, 3.63) is 35.4 Å². The van der Waals surface area contributed by atoms with E-state index in [9.17, 15) is 4.79 Å². The minimum Gasteiger partial charge on any atom is -0.396 e. The topological polar surface area (TPSA) is 52.6 Å². The quantitative estimate of drug-likeness (QED) is 0.714. The second kappa shape index (κ2) is 8.72. The maximum absolute atomic E-state index is 11.9. The molecule has 4 nitrogen and oxygen atoms in total. The number of aliphatic hydroxyl groups excluding tert-OH is 1. The highest BCUT2D eigenvalue weighted by molar-refractivity contribution is 5.94. The van der Waals surface area contributed by atoms with Crippen LogP contribution in [-0.2, 0) is 6.54 Å². The van der Waals surface area contributed by atoms with Crippen LogP contribution in [0.25, 0.3) is 0 Å². The standard InChI is InChI=1S/C16H26N2O2/c1-13(12-19)5-4-10-17-16(20)15-8-6-14(7-9-15)11-18(2)3/h6-9,13,19H,4-5,10-12H2,1-3H3,(H,17,20). The van der Waals surface area contributed by atoms with Gasteiger partial charge >= 0.3 is 0 Å². The molecule has 1 atom stereocenters. The zero-order valence-corrected chi connectivity index (χ0v) is 12.7. The first kappa shape index (κ1) is 16.7. The van der Waals surface area contributed by atoms with E-state index in [2.05, 4.69) is 10.2 Å². The Hall–Kier alpha value is -1.39. The molecule has 0 saturated heterocycles. The van der Waals surface area contributed by atoms with Gasteiger partial charge in [0.25, 0.3) is 5.91 Å². The molecule has 0 spiro atoms. The van der Waals surface area contributed by atoms with Crippen molar-refractivity contribution < 1.29 is 9.90 Å². The summed E-state index contributed by atoms with van der Waals surface area (Å²) in [7, 11) is 4.04. The number of nitrogens with one attached hydrogen (secondary N) is 1. The van der Waals surface area contributed by atoms with Gasteiger partial charge in [0.15, 0.2) is 0 Å². The molecule has 1 unspecified atom stereocenters. The Balaban J connectivity index is 2.36. The second-order valence-electron chi connectivity index (χ2n) is 5.62. The molecule has 0 heterocycles. The van der Waals surface area contributed by atoms with Crippen LogP contribution in [0.3, 0.4) is 0 Å². The predicted octanol–water partition coefficient (Wildman–Crippen LogP) is 1.89. The first-order valence-corrected chi connectivity index (χ1v) is 7.15. The van der Waals surface area contributed by atoms with Gasteiger partial charge in [-0.2, -0.15) is 0 Å². The molecular formula is C16H26N2O2. The van der Waals surface area contributed by atoms with Crippen LogP contribution in [0.4, 0.5) is 0 Å². The van der Waals surface area contributed by atoms with Gasteiger partial charge in [-0.15, -0.1) is 0 Å². The van der Waals surface area contributed by atoms with Crippen LogP contribution in [0, 0.1) is 5.92 Å². The molecule has 0 aliphatic carbocycles. The highest BCUT2D eigenvalue weighted by Gasteiger charge is 2.05. The number of benzene rings is 1. The molecule has 0 fully saturated rings. The van der Waals surface area contributed by atoms with Gasteiger partial charge in [-0.05, 0) is 50.6 Å². The van der Waals surface area contributed by atoms with E-state index >= 15 is 0 Å². The molecule has 0 radical (unpaired) electrons. The lowest BCUT2D eigenvalue weighted by molar-refractivity contribution is 0.0952. The van der Waals surface area contributed by atoms with Gasteiger partial charge in [0.2, 0.25) is 0 Å². The molecule has 1 amide bonds. The number of nitrogens with zero attached hydrogens (tertiary/aromatic N) is 1. The molecule has 0 aromatic heterocycles. The van der Waals surface area contributed by atoms with E-state index in [-0.39, 0.29) is 12.5 Å². The third-order valence-corrected chi connectivity index (χ3v) is 3.19. The second-order valence-corrected chi connectivity index (χ2v) is 5.62. The summed E-state index contributed by atoms with van der Waals surface area (Å²) in [5.41, 5.74) is 1.89. The summed E-state index contributed by atoms with van der Waals surface area (Å²) < 4.78 is 0. The Kier molecular flexibility index (Phi) is 7.26. The fourth-order valence-electron chi connectivity index (χ4n) is 1.97. The van der Waals surface area contributed by atoms with Crippen LogP contribution in [0.2, 0.25) is 0 Å². The van der Waals surface area contributed by atoms with Crippen molar-refractivity contribution in [2.45, 2.75) is 26.3 Å². The van der Waals surface area contributed by atoms with Crippen molar-refractivity contribution in [3.8, 4) is 0 Å². The van der Waals surface area contributed by atoms with E-state index < -0.39 is 0 Å². The lowest BCUT2D eigenvalue weighted by Crippen LogP contribution is -2.25. The van der Waals surface area contributed by atoms with Gasteiger partial charge in [-0.1, -0.05) is 19.1 Å². The Morgan fingerprint density at radius 2 is 1.95 bits per heavy atom. The van der Waals surface area contributed by atoms with Gasteiger partial charge < -0.3 is 15.3 Å². The normalized spacial score (nSPS) is 12.4. The molecule has 0 aliphatic heterocycles. The minimum absolute atomic E-state index is 0.0296. The predicted molar refractivity (Wildman–Crippen MR) is 81.7 cm³/mol. The third kappa shape index (κ3) is 6.17. The van der Waals surface area contributed by atoms with Crippen LogP contribution in [0.1, 0.15) is 35.7 Å². The van der Waals surface area contributed by atoms with Crippen LogP contribution in [0.15, 0.2) is 24.3 Å². The van der Waals surface area contributed by atoms with Crippen molar-refractivity contribution >= 4 is 5.91 Å². The van der Waals surface area contributed by atoms with Gasteiger partial charge in [0.1, 0.15) is 0 Å². The first-order chi connectivity index (χ1) is 9.52. The summed E-state index contributed by atoms with van der Waals surface area (Å²) in [5.74, 6) is 0.273. The Morgan fingerprint density at radius 3 is 2.50 bits per heavy atom. The summed E-state index contributed by atoms with van der Waals surface area (Å²) in [5, 5.41) is 11.8. The Bertz CT molecular complexity index is 401. The summed E-state index contributed by atoms with van der Waals surface area (Å²) >= 11 is 0. The Labute approximate surface area is 121 Å². The summed E-state index contributed by atoms with van der Waals surface area (Å²) in [6, 6.07) is 7.71. The van der Waals surface area contributed by atoms with Crippen LogP contribution >= 0.6 is 0 Å². The maximum Gasteiger partial charge on any atom is 0.251 e. The van der Waals surface area contributed by atoms with Crippen molar-refractivity contribution in [2.75, 3.05) is 27.2 Å². The molecule has 1 rings (SSSR count). The van der Waals surface area contributed by atoms with Crippen LogP contribution < -0.4 is 5.32 Å². The third-order valence-electron chi connectivity index (χ3n) is 3.19. The van der Waals surface area contributed by atoms with E-state index in [0.29, 0.717) is 18.0 Å². The van der Waals surface area contributed by atoms with Crippen molar-refractivity contribution in [3.63, 3.8) is 0 Å². The van der Waals surface area contributed by atoms with E-state index in [4.69, 9.17) is 5.11 Å². The number of rotatable bonds is 8. The fourth-order valence-corrected chi connectivity index (χ4v) is 1.97. The van der Waals surface area contributed by atoms with Gasteiger partial charge in [0, 0.05) is 25.3 Å². The smallest absolute Gasteiger partial charge is 0.251 e. The number of hydrogen-bond donors (Lipinski definition) is 2. The molecule has 4 heteroatoms. The summed E-state index contributed by atoms with van der Waals surface area (Å²) in [6.07, 6.45) is 1.82. The minimum atomic E-state index is -0.0296. The zero-order chi connectivity index (χ0) is 15.0. The average Bonchev–Trinajstić information content (AvgIpc) is 2.43. The fraction of sp³-hybridized carbons (Fsp3) is 0.562. The van der Waals surface area contributed by atoms with E-state index in [1.54, 1.807) is 0 Å². The molecule has 112 valence electrons. The zero-order valence-electron chi connectivity index (χ0n) is 12.7. The lowest BCUT2D eigenvalue weighted by atomic mass is 10.1. The monoisotopic (exact) mass is 278 g/mol. The largest absolute Gasteiger partial charge is 0.396 e. The molecule has 2 N–H and O–H groups in total. The number of aliphatic hydroxyl groups is 1. The molecular weight excluding hydrogens is 252 g/mol.